The van der Waals surface area contributed by atoms with Crippen LogP contribution in [-0.2, 0) is 0 Å². The largest absolute Gasteiger partial charge is 0.494 e. The van der Waals surface area contributed by atoms with Crippen molar-refractivity contribution in [3.05, 3.63) is 168 Å². The van der Waals surface area contributed by atoms with Gasteiger partial charge in [-0.3, -0.25) is 0 Å². The zero-order valence-electron chi connectivity index (χ0n) is 27.1. The highest BCUT2D eigenvalue weighted by Gasteiger charge is 2.21. The van der Waals surface area contributed by atoms with E-state index in [1.165, 1.54) is 10.9 Å². The van der Waals surface area contributed by atoms with Gasteiger partial charge in [-0.1, -0.05) is 72.8 Å². The number of aromatic nitrogens is 1. The third-order valence-corrected chi connectivity index (χ3v) is 8.21. The quantitative estimate of drug-likeness (QED) is 0.159. The summed E-state index contributed by atoms with van der Waals surface area (Å²) >= 11 is 0. The number of nitrogens with zero attached hydrogens (tertiary/aromatic N) is 1. The smallest absolute Gasteiger partial charge is 0.119 e. The molecule has 1 aliphatic carbocycles. The first-order valence-corrected chi connectivity index (χ1v) is 16.4. The van der Waals surface area contributed by atoms with Crippen molar-refractivity contribution >= 4 is 39.2 Å². The molecule has 0 radical (unpaired) electrons. The second kappa shape index (κ2) is 14.1. The Morgan fingerprint density at radius 3 is 1.85 bits per heavy atom. The summed E-state index contributed by atoms with van der Waals surface area (Å²) in [6.45, 7) is 5.26. The number of allylic oxidation sites excluding steroid dienone is 5. The Balaban J connectivity index is 1.30. The standard InChI is InChI=1S/C43H37N3O2/c1-3-47-37-26-22-35(23-27-37)44-33-18-14-30(15-19-33)41(31-16-20-34(21-17-31)45-36-24-28-38(29-25-36)48-4-2)42-39-12-8-9-13-40(39)46-43(42)32-10-6-5-7-11-32/h5-29,44,46H,3-4H2,1-2H3. The fourth-order valence-corrected chi connectivity index (χ4v) is 6.00. The van der Waals surface area contributed by atoms with Gasteiger partial charge in [0.25, 0.3) is 0 Å². The maximum atomic E-state index is 5.61. The van der Waals surface area contributed by atoms with E-state index in [1.807, 2.05) is 62.4 Å². The maximum Gasteiger partial charge on any atom is 0.119 e. The average molecular weight is 628 g/mol. The van der Waals surface area contributed by atoms with Crippen LogP contribution in [0.5, 0.6) is 11.5 Å². The van der Waals surface area contributed by atoms with E-state index < -0.39 is 0 Å². The molecule has 1 aliphatic rings. The van der Waals surface area contributed by atoms with Gasteiger partial charge in [0, 0.05) is 27.8 Å². The summed E-state index contributed by atoms with van der Waals surface area (Å²) in [5.41, 5.74) is 11.6. The number of aliphatic imine (C=N–C) groups is 1. The number of fused-ring (bicyclic) bond motifs is 1. The minimum atomic E-state index is 0.640. The van der Waals surface area contributed by atoms with Crippen molar-refractivity contribution < 1.29 is 9.47 Å². The molecule has 6 aromatic rings. The minimum Gasteiger partial charge on any atom is -0.494 e. The Bertz CT molecular complexity index is 2120. The number of ether oxygens (including phenoxy) is 2. The van der Waals surface area contributed by atoms with Gasteiger partial charge < -0.3 is 19.8 Å². The molecule has 0 unspecified atom stereocenters. The molecule has 1 aromatic heterocycles. The molecule has 1 heterocycles. The molecule has 0 atom stereocenters. The summed E-state index contributed by atoms with van der Waals surface area (Å²) in [6, 6.07) is 43.7. The van der Waals surface area contributed by atoms with Crippen LogP contribution >= 0.6 is 0 Å². The van der Waals surface area contributed by atoms with Gasteiger partial charge in [0.15, 0.2) is 0 Å². The van der Waals surface area contributed by atoms with Crippen molar-refractivity contribution in [3.8, 4) is 22.8 Å². The summed E-state index contributed by atoms with van der Waals surface area (Å²) in [7, 11) is 0. The van der Waals surface area contributed by atoms with Crippen LogP contribution in [0.25, 0.3) is 27.7 Å². The number of nitrogens with one attached hydrogen (secondary N) is 2. The molecule has 0 fully saturated rings. The van der Waals surface area contributed by atoms with Gasteiger partial charge >= 0.3 is 0 Å². The first-order chi connectivity index (χ1) is 23.7. The fourth-order valence-electron chi connectivity index (χ4n) is 6.00. The summed E-state index contributed by atoms with van der Waals surface area (Å²) in [5, 5.41) is 4.70. The number of aromatic amines is 1. The zero-order valence-corrected chi connectivity index (χ0v) is 27.1. The Morgan fingerprint density at radius 2 is 1.21 bits per heavy atom. The molecule has 0 bridgehead atoms. The molecule has 5 heteroatoms. The van der Waals surface area contributed by atoms with E-state index in [-0.39, 0.29) is 0 Å². The lowest BCUT2D eigenvalue weighted by Crippen LogP contribution is -1.99. The topological polar surface area (TPSA) is 58.6 Å². The predicted octanol–water partition coefficient (Wildman–Crippen LogP) is 11.1. The number of benzene rings is 5. The summed E-state index contributed by atoms with van der Waals surface area (Å²) in [5.74, 6) is 1.71. The van der Waals surface area contributed by atoms with Crippen LogP contribution in [0, 0.1) is 0 Å². The SMILES string of the molecule is CCOc1ccc(N=C2C=CC(=C(c3ccc(Nc4ccc(OCC)cc4)cc3)c3c(-c4ccccc4)[nH]c4ccccc34)C=C2)cc1. The first kappa shape index (κ1) is 30.6. The van der Waals surface area contributed by atoms with Crippen LogP contribution < -0.4 is 14.8 Å². The molecule has 5 nitrogen and oxygen atoms in total. The third kappa shape index (κ3) is 6.72. The maximum absolute atomic E-state index is 5.61. The molecule has 48 heavy (non-hydrogen) atoms. The van der Waals surface area contributed by atoms with Crippen LogP contribution in [0.2, 0.25) is 0 Å². The van der Waals surface area contributed by atoms with Gasteiger partial charge in [-0.15, -0.1) is 0 Å². The third-order valence-electron chi connectivity index (χ3n) is 8.21. The second-order valence-corrected chi connectivity index (χ2v) is 11.4. The lowest BCUT2D eigenvalue weighted by atomic mass is 9.87. The van der Waals surface area contributed by atoms with Gasteiger partial charge in [0.1, 0.15) is 11.5 Å². The van der Waals surface area contributed by atoms with Crippen LogP contribution in [0.4, 0.5) is 17.1 Å². The molecule has 5 aromatic carbocycles. The van der Waals surface area contributed by atoms with Crippen molar-refractivity contribution in [2.24, 2.45) is 4.99 Å². The molecule has 0 aliphatic heterocycles. The highest BCUT2D eigenvalue weighted by molar-refractivity contribution is 6.10. The van der Waals surface area contributed by atoms with Crippen LogP contribution in [0.3, 0.4) is 0 Å². The average Bonchev–Trinajstić information content (AvgIpc) is 3.51. The van der Waals surface area contributed by atoms with E-state index in [2.05, 4.69) is 113 Å². The first-order valence-electron chi connectivity index (χ1n) is 16.4. The Kier molecular flexibility index (Phi) is 9.01. The van der Waals surface area contributed by atoms with Crippen molar-refractivity contribution in [2.45, 2.75) is 13.8 Å². The van der Waals surface area contributed by atoms with Crippen molar-refractivity contribution in [3.63, 3.8) is 0 Å². The number of hydrogen-bond acceptors (Lipinski definition) is 4. The van der Waals surface area contributed by atoms with Gasteiger partial charge in [-0.05, 0) is 115 Å². The Hall–Kier alpha value is -6.07. The molecular formula is C43H37N3O2. The number of para-hydroxylation sites is 1. The molecule has 0 saturated carbocycles. The molecule has 236 valence electrons. The second-order valence-electron chi connectivity index (χ2n) is 11.4. The van der Waals surface area contributed by atoms with E-state index in [0.717, 1.165) is 67.8 Å². The summed E-state index contributed by atoms with van der Waals surface area (Å²) in [4.78, 5) is 8.62. The van der Waals surface area contributed by atoms with Gasteiger partial charge in [-0.25, -0.2) is 4.99 Å². The number of rotatable bonds is 10. The molecule has 2 N–H and O–H groups in total. The monoisotopic (exact) mass is 627 g/mol. The fraction of sp³-hybridized carbons (Fsp3) is 0.0930. The molecular weight excluding hydrogens is 590 g/mol. The summed E-state index contributed by atoms with van der Waals surface area (Å²) < 4.78 is 11.2. The highest BCUT2D eigenvalue weighted by Crippen LogP contribution is 2.41. The Labute approximate surface area is 281 Å². The normalized spacial score (nSPS) is 12.3. The lowest BCUT2D eigenvalue weighted by molar-refractivity contribution is 0.340. The molecule has 0 spiro atoms. The van der Waals surface area contributed by atoms with Crippen molar-refractivity contribution in [1.82, 2.24) is 4.98 Å². The van der Waals surface area contributed by atoms with E-state index in [0.29, 0.717) is 13.2 Å². The number of H-pyrrole nitrogens is 1. The zero-order chi connectivity index (χ0) is 32.7. The molecule has 7 rings (SSSR count). The van der Waals surface area contributed by atoms with Crippen LogP contribution in [0.1, 0.15) is 25.0 Å². The van der Waals surface area contributed by atoms with Gasteiger partial charge in [-0.2, -0.15) is 0 Å². The van der Waals surface area contributed by atoms with E-state index in [4.69, 9.17) is 14.5 Å². The van der Waals surface area contributed by atoms with Crippen molar-refractivity contribution in [1.29, 1.82) is 0 Å². The number of hydrogen-bond donors (Lipinski definition) is 2. The van der Waals surface area contributed by atoms with E-state index >= 15 is 0 Å². The highest BCUT2D eigenvalue weighted by atomic mass is 16.5. The molecule has 0 saturated heterocycles. The lowest BCUT2D eigenvalue weighted by Gasteiger charge is -2.17. The van der Waals surface area contributed by atoms with Gasteiger partial charge in [0.05, 0.1) is 30.3 Å². The predicted molar refractivity (Wildman–Crippen MR) is 200 cm³/mol. The van der Waals surface area contributed by atoms with Crippen LogP contribution in [0.15, 0.2) is 162 Å². The van der Waals surface area contributed by atoms with Crippen molar-refractivity contribution in [2.75, 3.05) is 18.5 Å². The van der Waals surface area contributed by atoms with E-state index in [9.17, 15) is 0 Å². The Morgan fingerprint density at radius 1 is 0.625 bits per heavy atom. The number of anilines is 2. The minimum absolute atomic E-state index is 0.640. The van der Waals surface area contributed by atoms with E-state index in [1.54, 1.807) is 0 Å². The van der Waals surface area contributed by atoms with Crippen LogP contribution in [-0.4, -0.2) is 23.9 Å². The molecule has 0 amide bonds. The van der Waals surface area contributed by atoms with Gasteiger partial charge in [0.2, 0.25) is 0 Å². The summed E-state index contributed by atoms with van der Waals surface area (Å²) in [6.07, 6.45) is 8.52.